The molecule has 1 aromatic heterocycles. The first-order valence-corrected chi connectivity index (χ1v) is 5.57. The topological polar surface area (TPSA) is 54.0 Å². The van der Waals surface area contributed by atoms with E-state index in [1.165, 1.54) is 11.3 Å². The molecular weight excluding hydrogens is 198 g/mol. The van der Waals surface area contributed by atoms with Crippen LogP contribution in [0.4, 0.5) is 0 Å². The molecule has 76 valence electrons. The van der Waals surface area contributed by atoms with Gasteiger partial charge in [0, 0.05) is 18.0 Å². The van der Waals surface area contributed by atoms with Crippen LogP contribution in [0, 0.1) is 6.92 Å². The third kappa shape index (κ3) is 2.10. The van der Waals surface area contributed by atoms with Crippen molar-refractivity contribution in [1.29, 1.82) is 0 Å². The minimum Gasteiger partial charge on any atom is -0.347 e. The van der Waals surface area contributed by atoms with E-state index in [4.69, 9.17) is 0 Å². The highest BCUT2D eigenvalue weighted by Crippen LogP contribution is 2.08. The second-order valence-corrected chi connectivity index (χ2v) is 4.48. The summed E-state index contributed by atoms with van der Waals surface area (Å²) in [5, 5.41) is 8.88. The van der Waals surface area contributed by atoms with E-state index in [2.05, 4.69) is 15.6 Å². The van der Waals surface area contributed by atoms with E-state index < -0.39 is 0 Å². The molecule has 0 aromatic carbocycles. The molecule has 0 saturated carbocycles. The van der Waals surface area contributed by atoms with E-state index in [-0.39, 0.29) is 11.9 Å². The minimum atomic E-state index is -0.0527. The number of hydrogen-bond acceptors (Lipinski definition) is 4. The molecule has 1 aromatic rings. The molecule has 0 radical (unpaired) electrons. The lowest BCUT2D eigenvalue weighted by molar-refractivity contribution is 0.0935. The molecule has 0 bridgehead atoms. The van der Waals surface area contributed by atoms with Crippen molar-refractivity contribution in [2.24, 2.45) is 0 Å². The van der Waals surface area contributed by atoms with Gasteiger partial charge in [-0.05, 0) is 19.9 Å². The summed E-state index contributed by atoms with van der Waals surface area (Å²) in [6.45, 7) is 3.76. The average molecular weight is 211 g/mol. The SMILES string of the molecule is Cc1nc(C(=O)N[C@H]2CCNC2)cs1. The van der Waals surface area contributed by atoms with Crippen LogP contribution in [0.25, 0.3) is 0 Å². The molecule has 1 saturated heterocycles. The Bertz CT molecular complexity index is 331. The fourth-order valence-corrected chi connectivity index (χ4v) is 2.10. The maximum absolute atomic E-state index is 11.6. The monoisotopic (exact) mass is 211 g/mol. The van der Waals surface area contributed by atoms with Crippen LogP contribution < -0.4 is 10.6 Å². The second-order valence-electron chi connectivity index (χ2n) is 3.41. The molecule has 4 nitrogen and oxygen atoms in total. The third-order valence-electron chi connectivity index (χ3n) is 2.25. The maximum Gasteiger partial charge on any atom is 0.271 e. The van der Waals surface area contributed by atoms with Gasteiger partial charge in [-0.15, -0.1) is 11.3 Å². The van der Waals surface area contributed by atoms with Gasteiger partial charge in [0.05, 0.1) is 5.01 Å². The Hall–Kier alpha value is -0.940. The van der Waals surface area contributed by atoms with E-state index in [1.807, 2.05) is 6.92 Å². The molecule has 0 unspecified atom stereocenters. The fraction of sp³-hybridized carbons (Fsp3) is 0.556. The van der Waals surface area contributed by atoms with Gasteiger partial charge >= 0.3 is 0 Å². The number of aryl methyl sites for hydroxylation is 1. The number of thiazole rings is 1. The van der Waals surface area contributed by atoms with Gasteiger partial charge in [-0.1, -0.05) is 0 Å². The largest absolute Gasteiger partial charge is 0.347 e. The van der Waals surface area contributed by atoms with Crippen molar-refractivity contribution >= 4 is 17.2 Å². The number of aromatic nitrogens is 1. The molecule has 0 aliphatic carbocycles. The van der Waals surface area contributed by atoms with Crippen molar-refractivity contribution in [3.05, 3.63) is 16.1 Å². The summed E-state index contributed by atoms with van der Waals surface area (Å²) in [7, 11) is 0. The van der Waals surface area contributed by atoms with Gasteiger partial charge in [0.25, 0.3) is 5.91 Å². The quantitative estimate of drug-likeness (QED) is 0.751. The lowest BCUT2D eigenvalue weighted by atomic mass is 10.2. The van der Waals surface area contributed by atoms with E-state index >= 15 is 0 Å². The first-order chi connectivity index (χ1) is 6.75. The van der Waals surface area contributed by atoms with Crippen LogP contribution in [0.2, 0.25) is 0 Å². The van der Waals surface area contributed by atoms with Gasteiger partial charge in [-0.25, -0.2) is 4.98 Å². The fourth-order valence-electron chi connectivity index (χ4n) is 1.50. The Morgan fingerprint density at radius 1 is 1.79 bits per heavy atom. The van der Waals surface area contributed by atoms with E-state index in [0.717, 1.165) is 24.5 Å². The second kappa shape index (κ2) is 4.06. The molecule has 2 rings (SSSR count). The van der Waals surface area contributed by atoms with E-state index in [1.54, 1.807) is 5.38 Å². The van der Waals surface area contributed by atoms with Gasteiger partial charge in [-0.2, -0.15) is 0 Å². The Kier molecular flexibility index (Phi) is 2.79. The van der Waals surface area contributed by atoms with Gasteiger partial charge in [-0.3, -0.25) is 4.79 Å². The predicted octanol–water partition coefficient (Wildman–Crippen LogP) is 0.543. The molecule has 2 heterocycles. The average Bonchev–Trinajstić information content (AvgIpc) is 2.75. The standard InChI is InChI=1S/C9H13N3OS/c1-6-11-8(5-14-6)9(13)12-7-2-3-10-4-7/h5,7,10H,2-4H2,1H3,(H,12,13)/t7-/m0/s1. The van der Waals surface area contributed by atoms with Gasteiger partial charge in [0.15, 0.2) is 0 Å². The summed E-state index contributed by atoms with van der Waals surface area (Å²) in [6.07, 6.45) is 1.01. The summed E-state index contributed by atoms with van der Waals surface area (Å²) in [5.41, 5.74) is 0.541. The number of nitrogens with one attached hydrogen (secondary N) is 2. The molecule has 5 heteroatoms. The Balaban J connectivity index is 1.95. The molecule has 2 N–H and O–H groups in total. The van der Waals surface area contributed by atoms with Crippen LogP contribution in [0.15, 0.2) is 5.38 Å². The first-order valence-electron chi connectivity index (χ1n) is 4.69. The van der Waals surface area contributed by atoms with E-state index in [0.29, 0.717) is 5.69 Å². The zero-order chi connectivity index (χ0) is 9.97. The van der Waals surface area contributed by atoms with Gasteiger partial charge < -0.3 is 10.6 Å². The number of carbonyl (C=O) groups is 1. The highest BCUT2D eigenvalue weighted by Gasteiger charge is 2.18. The first kappa shape index (κ1) is 9.61. The normalized spacial score (nSPS) is 21.1. The molecule has 0 spiro atoms. The van der Waals surface area contributed by atoms with Crippen LogP contribution in [0.5, 0.6) is 0 Å². The smallest absolute Gasteiger partial charge is 0.271 e. The Morgan fingerprint density at radius 2 is 2.64 bits per heavy atom. The summed E-state index contributed by atoms with van der Waals surface area (Å²) >= 11 is 1.50. The Morgan fingerprint density at radius 3 is 3.21 bits per heavy atom. The van der Waals surface area contributed by atoms with Crippen molar-refractivity contribution in [2.75, 3.05) is 13.1 Å². The number of nitrogens with zero attached hydrogens (tertiary/aromatic N) is 1. The highest BCUT2D eigenvalue weighted by molar-refractivity contribution is 7.09. The van der Waals surface area contributed by atoms with Crippen LogP contribution >= 0.6 is 11.3 Å². The number of hydrogen-bond donors (Lipinski definition) is 2. The van der Waals surface area contributed by atoms with Crippen LogP contribution in [-0.4, -0.2) is 30.0 Å². The van der Waals surface area contributed by atoms with Crippen LogP contribution in [0.3, 0.4) is 0 Å². The molecule has 1 fully saturated rings. The third-order valence-corrected chi connectivity index (χ3v) is 3.02. The molecule has 1 aliphatic rings. The molecule has 1 amide bonds. The molecule has 1 atom stereocenters. The van der Waals surface area contributed by atoms with Crippen molar-refractivity contribution in [3.63, 3.8) is 0 Å². The zero-order valence-corrected chi connectivity index (χ0v) is 8.86. The number of rotatable bonds is 2. The number of amides is 1. The zero-order valence-electron chi connectivity index (χ0n) is 8.04. The maximum atomic E-state index is 11.6. The molecule has 14 heavy (non-hydrogen) atoms. The van der Waals surface area contributed by atoms with E-state index in [9.17, 15) is 4.79 Å². The lowest BCUT2D eigenvalue weighted by Gasteiger charge is -2.09. The van der Waals surface area contributed by atoms with Crippen LogP contribution in [-0.2, 0) is 0 Å². The van der Waals surface area contributed by atoms with Crippen molar-refractivity contribution in [2.45, 2.75) is 19.4 Å². The minimum absolute atomic E-state index is 0.0527. The summed E-state index contributed by atoms with van der Waals surface area (Å²) in [4.78, 5) is 15.8. The van der Waals surface area contributed by atoms with Crippen molar-refractivity contribution in [1.82, 2.24) is 15.6 Å². The van der Waals surface area contributed by atoms with Gasteiger partial charge in [0.1, 0.15) is 5.69 Å². The summed E-state index contributed by atoms with van der Waals surface area (Å²) in [6, 6.07) is 0.268. The summed E-state index contributed by atoms with van der Waals surface area (Å²) in [5.74, 6) is -0.0527. The van der Waals surface area contributed by atoms with Crippen molar-refractivity contribution in [3.8, 4) is 0 Å². The predicted molar refractivity (Wildman–Crippen MR) is 55.6 cm³/mol. The number of carbonyl (C=O) groups excluding carboxylic acids is 1. The van der Waals surface area contributed by atoms with Gasteiger partial charge in [0.2, 0.25) is 0 Å². The van der Waals surface area contributed by atoms with Crippen LogP contribution in [0.1, 0.15) is 21.9 Å². The lowest BCUT2D eigenvalue weighted by Crippen LogP contribution is -2.36. The summed E-state index contributed by atoms with van der Waals surface area (Å²) < 4.78 is 0. The molecule has 1 aliphatic heterocycles. The molecular formula is C9H13N3OS. The highest BCUT2D eigenvalue weighted by atomic mass is 32.1. The Labute approximate surface area is 86.7 Å². The van der Waals surface area contributed by atoms with Crippen molar-refractivity contribution < 1.29 is 4.79 Å².